The predicted octanol–water partition coefficient (Wildman–Crippen LogP) is 2.31. The van der Waals surface area contributed by atoms with Gasteiger partial charge in [-0.05, 0) is 36.4 Å². The van der Waals surface area contributed by atoms with Crippen LogP contribution in [0.15, 0.2) is 83.8 Å². The molecule has 0 aromatic heterocycles. The summed E-state index contributed by atoms with van der Waals surface area (Å²) in [5.41, 5.74) is 1.01. The van der Waals surface area contributed by atoms with Crippen LogP contribution in [0.2, 0.25) is 0 Å². The molecule has 2 N–H and O–H groups in total. The summed E-state index contributed by atoms with van der Waals surface area (Å²) in [6.45, 7) is 1.73. The third-order valence-corrected chi connectivity index (χ3v) is 7.02. The van der Waals surface area contributed by atoms with Gasteiger partial charge >= 0.3 is 0 Å². The number of rotatable bonds is 8. The fraction of sp³-hybridized carbons (Fsp3) is 0.192. The number of carbonyl (C=O) groups excluding carboxylic acids is 3. The molecule has 4 rings (SSSR count). The number of carbonyl (C=O) groups is 3. The van der Waals surface area contributed by atoms with Gasteiger partial charge < -0.3 is 15.0 Å². The number of hydrogen-bond acceptors (Lipinski definition) is 6. The molecule has 3 aromatic carbocycles. The average molecular weight is 508 g/mol. The number of morpholine rings is 1. The number of amides is 2. The molecule has 186 valence electrons. The zero-order valence-electron chi connectivity index (χ0n) is 19.3. The number of ether oxygens (including phenoxy) is 1. The van der Waals surface area contributed by atoms with Gasteiger partial charge in [-0.25, -0.2) is 8.42 Å². The number of nitrogens with zero attached hydrogens (tertiary/aromatic N) is 1. The van der Waals surface area contributed by atoms with E-state index in [0.717, 1.165) is 0 Å². The lowest BCUT2D eigenvalue weighted by atomic mass is 10.0. The molecule has 9 nitrogen and oxygen atoms in total. The van der Waals surface area contributed by atoms with E-state index in [0.29, 0.717) is 31.9 Å². The van der Waals surface area contributed by atoms with Crippen molar-refractivity contribution in [2.24, 2.45) is 0 Å². The van der Waals surface area contributed by atoms with Crippen LogP contribution in [0.4, 0.5) is 5.69 Å². The van der Waals surface area contributed by atoms with Crippen molar-refractivity contribution in [3.05, 3.63) is 95.6 Å². The van der Waals surface area contributed by atoms with Gasteiger partial charge in [0.1, 0.15) is 0 Å². The van der Waals surface area contributed by atoms with Gasteiger partial charge in [0.2, 0.25) is 5.91 Å². The Morgan fingerprint density at radius 3 is 2.14 bits per heavy atom. The first-order chi connectivity index (χ1) is 17.3. The van der Waals surface area contributed by atoms with Crippen LogP contribution in [0.3, 0.4) is 0 Å². The molecule has 10 heteroatoms. The van der Waals surface area contributed by atoms with Crippen molar-refractivity contribution in [2.45, 2.75) is 4.90 Å². The molecule has 0 saturated carbocycles. The van der Waals surface area contributed by atoms with Crippen molar-refractivity contribution in [1.82, 2.24) is 10.2 Å². The van der Waals surface area contributed by atoms with E-state index in [1.165, 1.54) is 30.3 Å². The maximum absolute atomic E-state index is 13.0. The van der Waals surface area contributed by atoms with Crippen LogP contribution in [0.25, 0.3) is 0 Å². The molecule has 2 amide bonds. The summed E-state index contributed by atoms with van der Waals surface area (Å²) < 4.78 is 33.7. The summed E-state index contributed by atoms with van der Waals surface area (Å²) in [4.78, 5) is 39.1. The average Bonchev–Trinajstić information content (AvgIpc) is 2.92. The van der Waals surface area contributed by atoms with Crippen molar-refractivity contribution in [3.8, 4) is 0 Å². The van der Waals surface area contributed by atoms with E-state index < -0.39 is 15.9 Å². The number of nitrogens with one attached hydrogen (secondary N) is 2. The lowest BCUT2D eigenvalue weighted by Gasteiger charge is -2.26. The van der Waals surface area contributed by atoms with E-state index in [4.69, 9.17) is 4.74 Å². The smallest absolute Gasteiger partial charge is 0.261 e. The first kappa shape index (κ1) is 25.1. The molecule has 0 spiro atoms. The molecule has 1 aliphatic heterocycles. The molecule has 1 saturated heterocycles. The van der Waals surface area contributed by atoms with Crippen molar-refractivity contribution in [2.75, 3.05) is 37.6 Å². The Morgan fingerprint density at radius 1 is 0.806 bits per heavy atom. The van der Waals surface area contributed by atoms with Gasteiger partial charge in [0.25, 0.3) is 15.9 Å². The van der Waals surface area contributed by atoms with Gasteiger partial charge in [-0.15, -0.1) is 0 Å². The van der Waals surface area contributed by atoms with Crippen LogP contribution in [0.1, 0.15) is 26.3 Å². The molecule has 3 aromatic rings. The molecule has 1 heterocycles. The molecule has 1 fully saturated rings. The third kappa shape index (κ3) is 5.96. The highest BCUT2D eigenvalue weighted by Crippen LogP contribution is 2.23. The Kier molecular flexibility index (Phi) is 7.77. The van der Waals surface area contributed by atoms with E-state index in [1.807, 2.05) is 0 Å². The number of benzene rings is 3. The van der Waals surface area contributed by atoms with Gasteiger partial charge in [-0.3, -0.25) is 19.1 Å². The standard InChI is InChI=1S/C26H25N3O6S/c30-24(29-14-16-35-17-15-29)18-27-26(32)20-10-12-21(13-11-20)36(33,34)28-23-9-5-4-8-22(23)25(31)19-6-2-1-3-7-19/h1-13,28H,14-18H2,(H,27,32). The highest BCUT2D eigenvalue weighted by atomic mass is 32.2. The fourth-order valence-electron chi connectivity index (χ4n) is 3.69. The van der Waals surface area contributed by atoms with Crippen LogP contribution < -0.4 is 10.0 Å². The quantitative estimate of drug-likeness (QED) is 0.451. The zero-order valence-corrected chi connectivity index (χ0v) is 20.2. The molecule has 0 atom stereocenters. The second-order valence-corrected chi connectivity index (χ2v) is 9.73. The van der Waals surface area contributed by atoms with Gasteiger partial charge in [0.05, 0.1) is 30.3 Å². The van der Waals surface area contributed by atoms with E-state index in [2.05, 4.69) is 10.0 Å². The van der Waals surface area contributed by atoms with Crippen LogP contribution in [0, 0.1) is 0 Å². The van der Waals surface area contributed by atoms with Crippen molar-refractivity contribution < 1.29 is 27.5 Å². The molecule has 0 aliphatic carbocycles. The highest BCUT2D eigenvalue weighted by Gasteiger charge is 2.21. The van der Waals surface area contributed by atoms with Crippen LogP contribution in [-0.4, -0.2) is 63.8 Å². The summed E-state index contributed by atoms with van der Waals surface area (Å²) in [5.74, 6) is -1.02. The summed E-state index contributed by atoms with van der Waals surface area (Å²) in [5, 5.41) is 2.56. The lowest BCUT2D eigenvalue weighted by Crippen LogP contribution is -2.45. The first-order valence-electron chi connectivity index (χ1n) is 11.3. The maximum atomic E-state index is 13.0. The monoisotopic (exact) mass is 507 g/mol. The number of hydrogen-bond donors (Lipinski definition) is 2. The molecule has 36 heavy (non-hydrogen) atoms. The summed E-state index contributed by atoms with van der Waals surface area (Å²) in [7, 11) is -4.04. The zero-order chi connectivity index (χ0) is 25.5. The Bertz CT molecular complexity index is 1350. The lowest BCUT2D eigenvalue weighted by molar-refractivity contribution is -0.134. The van der Waals surface area contributed by atoms with E-state index in [-0.39, 0.29) is 39.9 Å². The topological polar surface area (TPSA) is 122 Å². The second-order valence-electron chi connectivity index (χ2n) is 8.05. The van der Waals surface area contributed by atoms with E-state index >= 15 is 0 Å². The van der Waals surface area contributed by atoms with Gasteiger partial charge in [-0.1, -0.05) is 42.5 Å². The minimum Gasteiger partial charge on any atom is -0.378 e. The van der Waals surface area contributed by atoms with Gasteiger partial charge in [0.15, 0.2) is 5.78 Å². The number of anilines is 1. The highest BCUT2D eigenvalue weighted by molar-refractivity contribution is 7.92. The van der Waals surface area contributed by atoms with Crippen LogP contribution in [0.5, 0.6) is 0 Å². The van der Waals surface area contributed by atoms with Crippen molar-refractivity contribution >= 4 is 33.3 Å². The molecular formula is C26H25N3O6S. The van der Waals surface area contributed by atoms with Crippen LogP contribution in [-0.2, 0) is 19.6 Å². The summed E-state index contributed by atoms with van der Waals surface area (Å²) in [6, 6.07) is 20.2. The van der Waals surface area contributed by atoms with Crippen molar-refractivity contribution in [1.29, 1.82) is 0 Å². The summed E-state index contributed by atoms with van der Waals surface area (Å²) in [6.07, 6.45) is 0. The number of sulfonamides is 1. The Morgan fingerprint density at radius 2 is 1.44 bits per heavy atom. The molecule has 0 radical (unpaired) electrons. The predicted molar refractivity (Wildman–Crippen MR) is 133 cm³/mol. The normalized spacial score (nSPS) is 13.6. The van der Waals surface area contributed by atoms with E-state index in [1.54, 1.807) is 53.4 Å². The number of para-hydroxylation sites is 1. The largest absolute Gasteiger partial charge is 0.378 e. The van der Waals surface area contributed by atoms with E-state index in [9.17, 15) is 22.8 Å². The Hall–Kier alpha value is -4.02. The molecular weight excluding hydrogens is 482 g/mol. The molecule has 0 bridgehead atoms. The summed E-state index contributed by atoms with van der Waals surface area (Å²) >= 11 is 0. The Labute approximate surface area is 209 Å². The Balaban J connectivity index is 1.43. The molecule has 0 unspecified atom stereocenters. The fourth-order valence-corrected chi connectivity index (χ4v) is 4.77. The molecule has 1 aliphatic rings. The second kappa shape index (κ2) is 11.1. The SMILES string of the molecule is O=C(NCC(=O)N1CCOCC1)c1ccc(S(=O)(=O)Nc2ccccc2C(=O)c2ccccc2)cc1. The van der Waals surface area contributed by atoms with Gasteiger partial charge in [0, 0.05) is 29.8 Å². The maximum Gasteiger partial charge on any atom is 0.261 e. The minimum atomic E-state index is -4.04. The van der Waals surface area contributed by atoms with Crippen LogP contribution >= 0.6 is 0 Å². The van der Waals surface area contributed by atoms with Crippen molar-refractivity contribution in [3.63, 3.8) is 0 Å². The number of ketones is 1. The first-order valence-corrected chi connectivity index (χ1v) is 12.8. The third-order valence-electron chi connectivity index (χ3n) is 5.64. The van der Waals surface area contributed by atoms with Gasteiger partial charge in [-0.2, -0.15) is 0 Å². The minimum absolute atomic E-state index is 0.0783.